The number of halogens is 1. The van der Waals surface area contributed by atoms with Gasteiger partial charge in [0.2, 0.25) is 0 Å². The van der Waals surface area contributed by atoms with Crippen LogP contribution in [0.3, 0.4) is 0 Å². The fourth-order valence-corrected chi connectivity index (χ4v) is 4.34. The molecule has 0 aromatic carbocycles. The van der Waals surface area contributed by atoms with E-state index in [0.717, 1.165) is 24.8 Å². The van der Waals surface area contributed by atoms with E-state index in [0.29, 0.717) is 42.8 Å². The topological polar surface area (TPSA) is 45.7 Å². The predicted octanol–water partition coefficient (Wildman–Crippen LogP) is 3.47. The largest absolute Gasteiger partial charge is 0.378 e. The number of hydrogen-bond acceptors (Lipinski definition) is 4. The van der Waals surface area contributed by atoms with E-state index in [9.17, 15) is 4.79 Å². The highest BCUT2D eigenvalue weighted by Crippen LogP contribution is 2.34. The molecule has 0 N–H and O–H groups in total. The summed E-state index contributed by atoms with van der Waals surface area (Å²) in [6, 6.07) is 1.77. The Morgan fingerprint density at radius 3 is 2.68 bits per heavy atom. The Morgan fingerprint density at radius 1 is 1.32 bits per heavy atom. The molecule has 1 amide bonds. The van der Waals surface area contributed by atoms with Crippen LogP contribution in [-0.2, 0) is 4.74 Å². The van der Waals surface area contributed by atoms with E-state index in [1.807, 2.05) is 0 Å². The lowest BCUT2D eigenvalue weighted by molar-refractivity contribution is 0.0302. The standard InChI is InChI=1S/C19H28ClN3O2/c1-3-14(4-2)15-5-6-23(13-15)18-17(20)11-16(12-21-18)19(24)22-7-9-25-10-8-22/h11-12,14-15H,3-10,13H2,1-2H3. The van der Waals surface area contributed by atoms with Gasteiger partial charge in [0.15, 0.2) is 0 Å². The first-order chi connectivity index (χ1) is 12.1. The fourth-order valence-electron chi connectivity index (χ4n) is 4.05. The van der Waals surface area contributed by atoms with Gasteiger partial charge in [-0.3, -0.25) is 4.79 Å². The second-order valence-corrected chi connectivity index (χ2v) is 7.41. The number of amides is 1. The lowest BCUT2D eigenvalue weighted by Crippen LogP contribution is -2.40. The molecule has 2 aliphatic rings. The molecule has 0 spiro atoms. The van der Waals surface area contributed by atoms with Crippen molar-refractivity contribution in [2.75, 3.05) is 44.3 Å². The van der Waals surface area contributed by atoms with Crippen LogP contribution in [0.5, 0.6) is 0 Å². The zero-order valence-corrected chi connectivity index (χ0v) is 16.0. The molecule has 2 saturated heterocycles. The van der Waals surface area contributed by atoms with Crippen molar-refractivity contribution < 1.29 is 9.53 Å². The monoisotopic (exact) mass is 365 g/mol. The molecule has 3 rings (SSSR count). The highest BCUT2D eigenvalue weighted by Gasteiger charge is 2.29. The van der Waals surface area contributed by atoms with Crippen molar-refractivity contribution in [3.05, 3.63) is 22.8 Å². The van der Waals surface area contributed by atoms with Crippen LogP contribution in [-0.4, -0.2) is 55.2 Å². The number of carbonyl (C=O) groups excluding carboxylic acids is 1. The Kier molecular flexibility index (Phi) is 6.18. The molecule has 25 heavy (non-hydrogen) atoms. The van der Waals surface area contributed by atoms with E-state index >= 15 is 0 Å². The molecule has 1 aromatic heterocycles. The van der Waals surface area contributed by atoms with Crippen LogP contribution in [0, 0.1) is 11.8 Å². The number of carbonyl (C=O) groups is 1. The van der Waals surface area contributed by atoms with Crippen molar-refractivity contribution in [1.82, 2.24) is 9.88 Å². The third-order valence-corrected chi connectivity index (χ3v) is 5.88. The van der Waals surface area contributed by atoms with Crippen LogP contribution < -0.4 is 4.90 Å². The summed E-state index contributed by atoms with van der Waals surface area (Å²) in [5, 5.41) is 0.573. The summed E-state index contributed by atoms with van der Waals surface area (Å²) in [5.74, 6) is 2.28. The SMILES string of the molecule is CCC(CC)C1CCN(c2ncc(C(=O)N3CCOCC3)cc2Cl)C1. The summed E-state index contributed by atoms with van der Waals surface area (Å²) in [6.45, 7) is 8.98. The van der Waals surface area contributed by atoms with E-state index in [4.69, 9.17) is 16.3 Å². The van der Waals surface area contributed by atoms with Crippen molar-refractivity contribution in [3.63, 3.8) is 0 Å². The molecular formula is C19H28ClN3O2. The molecule has 0 radical (unpaired) electrons. The van der Waals surface area contributed by atoms with Gasteiger partial charge in [-0.1, -0.05) is 38.3 Å². The third-order valence-electron chi connectivity index (χ3n) is 5.61. The van der Waals surface area contributed by atoms with Gasteiger partial charge < -0.3 is 14.5 Å². The lowest BCUT2D eigenvalue weighted by atomic mass is 9.87. The minimum Gasteiger partial charge on any atom is -0.378 e. The first kappa shape index (κ1) is 18.5. The molecule has 2 aliphatic heterocycles. The van der Waals surface area contributed by atoms with Crippen LogP contribution in [0.1, 0.15) is 43.5 Å². The highest BCUT2D eigenvalue weighted by molar-refractivity contribution is 6.33. The Bertz CT molecular complexity index is 600. The molecule has 1 aromatic rings. The quantitative estimate of drug-likeness (QED) is 0.801. The van der Waals surface area contributed by atoms with Gasteiger partial charge in [0.05, 0.1) is 23.8 Å². The first-order valence-corrected chi connectivity index (χ1v) is 9.79. The minimum absolute atomic E-state index is 0.0134. The Balaban J connectivity index is 1.69. The highest BCUT2D eigenvalue weighted by atomic mass is 35.5. The van der Waals surface area contributed by atoms with Crippen molar-refractivity contribution >= 4 is 23.3 Å². The van der Waals surface area contributed by atoms with Crippen LogP contribution in [0.25, 0.3) is 0 Å². The normalized spacial score (nSPS) is 21.2. The number of morpholine rings is 1. The Hall–Kier alpha value is -1.33. The fraction of sp³-hybridized carbons (Fsp3) is 0.684. The van der Waals surface area contributed by atoms with E-state index in [2.05, 4.69) is 23.7 Å². The molecule has 2 fully saturated rings. The minimum atomic E-state index is -0.0134. The van der Waals surface area contributed by atoms with Crippen LogP contribution in [0.15, 0.2) is 12.3 Å². The number of aromatic nitrogens is 1. The second kappa shape index (κ2) is 8.37. The molecular weight excluding hydrogens is 338 g/mol. The average Bonchev–Trinajstić information content (AvgIpc) is 3.12. The molecule has 0 saturated carbocycles. The number of nitrogens with zero attached hydrogens (tertiary/aromatic N) is 3. The first-order valence-electron chi connectivity index (χ1n) is 9.41. The summed E-state index contributed by atoms with van der Waals surface area (Å²) in [6.07, 6.45) is 5.31. The van der Waals surface area contributed by atoms with Crippen LogP contribution in [0.4, 0.5) is 5.82 Å². The number of hydrogen-bond donors (Lipinski definition) is 0. The maximum Gasteiger partial charge on any atom is 0.255 e. The predicted molar refractivity (Wildman–Crippen MR) is 100 cm³/mol. The van der Waals surface area contributed by atoms with Gasteiger partial charge in [-0.05, 0) is 24.3 Å². The van der Waals surface area contributed by atoms with Gasteiger partial charge in [-0.25, -0.2) is 4.98 Å². The summed E-state index contributed by atoms with van der Waals surface area (Å²) < 4.78 is 5.30. The Labute approximate surface area is 155 Å². The molecule has 138 valence electrons. The second-order valence-electron chi connectivity index (χ2n) is 7.01. The molecule has 3 heterocycles. The van der Waals surface area contributed by atoms with Crippen molar-refractivity contribution in [2.45, 2.75) is 33.1 Å². The average molecular weight is 366 g/mol. The van der Waals surface area contributed by atoms with E-state index in [-0.39, 0.29) is 5.91 Å². The molecule has 0 aliphatic carbocycles. The number of pyridine rings is 1. The van der Waals surface area contributed by atoms with Crippen molar-refractivity contribution in [3.8, 4) is 0 Å². The van der Waals surface area contributed by atoms with Crippen molar-refractivity contribution in [2.24, 2.45) is 11.8 Å². The molecule has 5 nitrogen and oxygen atoms in total. The maximum atomic E-state index is 12.6. The van der Waals surface area contributed by atoms with Crippen molar-refractivity contribution in [1.29, 1.82) is 0 Å². The molecule has 6 heteroatoms. The van der Waals surface area contributed by atoms with Gasteiger partial charge in [0.25, 0.3) is 5.91 Å². The van der Waals surface area contributed by atoms with E-state index in [1.54, 1.807) is 17.2 Å². The van der Waals surface area contributed by atoms with Gasteiger partial charge in [0, 0.05) is 32.4 Å². The Morgan fingerprint density at radius 2 is 2.04 bits per heavy atom. The smallest absolute Gasteiger partial charge is 0.255 e. The van der Waals surface area contributed by atoms with Gasteiger partial charge in [0.1, 0.15) is 5.82 Å². The number of ether oxygens (including phenoxy) is 1. The van der Waals surface area contributed by atoms with Gasteiger partial charge >= 0.3 is 0 Å². The van der Waals surface area contributed by atoms with Crippen LogP contribution in [0.2, 0.25) is 5.02 Å². The number of anilines is 1. The maximum absolute atomic E-state index is 12.6. The van der Waals surface area contributed by atoms with E-state index < -0.39 is 0 Å². The molecule has 1 atom stereocenters. The van der Waals surface area contributed by atoms with E-state index in [1.165, 1.54) is 19.3 Å². The number of rotatable bonds is 5. The lowest BCUT2D eigenvalue weighted by Gasteiger charge is -2.27. The summed E-state index contributed by atoms with van der Waals surface area (Å²) in [7, 11) is 0. The molecule has 1 unspecified atom stereocenters. The zero-order chi connectivity index (χ0) is 17.8. The summed E-state index contributed by atoms with van der Waals surface area (Å²) in [5.41, 5.74) is 0.561. The van der Waals surface area contributed by atoms with Crippen LogP contribution >= 0.6 is 11.6 Å². The zero-order valence-electron chi connectivity index (χ0n) is 15.2. The summed E-state index contributed by atoms with van der Waals surface area (Å²) in [4.78, 5) is 21.2. The summed E-state index contributed by atoms with van der Waals surface area (Å²) >= 11 is 6.49. The third kappa shape index (κ3) is 4.09. The van der Waals surface area contributed by atoms with Gasteiger partial charge in [-0.15, -0.1) is 0 Å². The van der Waals surface area contributed by atoms with Gasteiger partial charge in [-0.2, -0.15) is 0 Å². The molecule has 0 bridgehead atoms.